The minimum Gasteiger partial charge on any atom is -0.462 e. The number of carbonyl (C=O) groups is 2. The smallest absolute Gasteiger partial charge is 0.341 e. The van der Waals surface area contributed by atoms with E-state index in [9.17, 15) is 14.4 Å². The quantitative estimate of drug-likeness (QED) is 0.669. The van der Waals surface area contributed by atoms with Crippen LogP contribution in [-0.4, -0.2) is 28.0 Å². The Labute approximate surface area is 165 Å². The molecule has 0 bridgehead atoms. The summed E-state index contributed by atoms with van der Waals surface area (Å²) >= 11 is 1.42. The Hall–Kier alpha value is -3.00. The number of para-hydroxylation sites is 2. The van der Waals surface area contributed by atoms with Gasteiger partial charge in [0, 0.05) is 4.88 Å². The first kappa shape index (κ1) is 18.4. The lowest BCUT2D eigenvalue weighted by atomic mass is 10.1. The molecular weight excluding hydrogens is 378 g/mol. The summed E-state index contributed by atoms with van der Waals surface area (Å²) in [4.78, 5) is 42.6. The maximum atomic E-state index is 12.7. The number of nitrogens with zero attached hydrogens (tertiary/aromatic N) is 2. The highest BCUT2D eigenvalue weighted by molar-refractivity contribution is 7.17. The van der Waals surface area contributed by atoms with Crippen molar-refractivity contribution in [1.29, 1.82) is 0 Å². The molecule has 1 aromatic carbocycles. The third-order valence-electron chi connectivity index (χ3n) is 4.71. The number of anilines is 1. The van der Waals surface area contributed by atoms with Gasteiger partial charge in [-0.05, 0) is 43.9 Å². The fourth-order valence-corrected chi connectivity index (χ4v) is 4.79. The van der Waals surface area contributed by atoms with Gasteiger partial charge in [0.15, 0.2) is 0 Å². The lowest BCUT2D eigenvalue weighted by Gasteiger charge is -2.11. The molecular formula is C20H19N3O4S. The van der Waals surface area contributed by atoms with Gasteiger partial charge in [-0.1, -0.05) is 12.1 Å². The van der Waals surface area contributed by atoms with E-state index in [1.807, 2.05) is 6.07 Å². The van der Waals surface area contributed by atoms with E-state index in [0.717, 1.165) is 29.7 Å². The van der Waals surface area contributed by atoms with Crippen LogP contribution in [0.25, 0.3) is 11.0 Å². The van der Waals surface area contributed by atoms with Gasteiger partial charge in [-0.15, -0.1) is 11.3 Å². The SMILES string of the molecule is CCOC(=O)c1c(NC(=O)Cn2c(=O)cnc3ccccc32)sc2c1CCC2. The molecule has 0 unspecified atom stereocenters. The first-order valence-electron chi connectivity index (χ1n) is 9.14. The first-order valence-corrected chi connectivity index (χ1v) is 9.96. The summed E-state index contributed by atoms with van der Waals surface area (Å²) in [5.74, 6) is -0.785. The van der Waals surface area contributed by atoms with E-state index in [0.29, 0.717) is 21.6 Å². The van der Waals surface area contributed by atoms with Crippen LogP contribution < -0.4 is 10.9 Å². The van der Waals surface area contributed by atoms with Gasteiger partial charge >= 0.3 is 5.97 Å². The highest BCUT2D eigenvalue weighted by atomic mass is 32.1. The fourth-order valence-electron chi connectivity index (χ4n) is 3.50. The second kappa shape index (κ2) is 7.55. The molecule has 0 aliphatic heterocycles. The molecule has 0 saturated carbocycles. The highest BCUT2D eigenvalue weighted by Crippen LogP contribution is 2.39. The second-order valence-electron chi connectivity index (χ2n) is 6.50. The van der Waals surface area contributed by atoms with Gasteiger partial charge in [-0.3, -0.25) is 14.2 Å². The molecule has 0 radical (unpaired) electrons. The van der Waals surface area contributed by atoms with Crippen LogP contribution in [0.2, 0.25) is 0 Å². The average Bonchev–Trinajstić information content (AvgIpc) is 3.25. The highest BCUT2D eigenvalue weighted by Gasteiger charge is 2.28. The molecule has 1 aliphatic carbocycles. The van der Waals surface area contributed by atoms with Crippen LogP contribution in [0.1, 0.15) is 34.1 Å². The number of aryl methyl sites for hydroxylation is 1. The van der Waals surface area contributed by atoms with Gasteiger partial charge in [0.1, 0.15) is 11.5 Å². The summed E-state index contributed by atoms with van der Waals surface area (Å²) in [6.07, 6.45) is 3.92. The topological polar surface area (TPSA) is 90.3 Å². The number of benzene rings is 1. The lowest BCUT2D eigenvalue weighted by Crippen LogP contribution is -2.28. The number of hydrogen-bond donors (Lipinski definition) is 1. The van der Waals surface area contributed by atoms with Crippen molar-refractivity contribution in [3.63, 3.8) is 0 Å². The molecule has 28 heavy (non-hydrogen) atoms. The van der Waals surface area contributed by atoms with Crippen molar-refractivity contribution in [3.05, 3.63) is 56.8 Å². The van der Waals surface area contributed by atoms with Crippen LogP contribution in [-0.2, 0) is 28.9 Å². The molecule has 8 heteroatoms. The van der Waals surface area contributed by atoms with Crippen LogP contribution >= 0.6 is 11.3 Å². The zero-order valence-corrected chi connectivity index (χ0v) is 16.2. The van der Waals surface area contributed by atoms with Crippen LogP contribution in [0.15, 0.2) is 35.3 Å². The molecule has 0 saturated heterocycles. The second-order valence-corrected chi connectivity index (χ2v) is 7.61. The summed E-state index contributed by atoms with van der Waals surface area (Å²) in [6.45, 7) is 1.87. The van der Waals surface area contributed by atoms with E-state index >= 15 is 0 Å². The predicted octanol–water partition coefficient (Wildman–Crippen LogP) is 2.76. The zero-order chi connectivity index (χ0) is 19.7. The number of amides is 1. The normalized spacial score (nSPS) is 12.8. The third-order valence-corrected chi connectivity index (χ3v) is 5.92. The monoisotopic (exact) mass is 397 g/mol. The Morgan fingerprint density at radius 1 is 1.29 bits per heavy atom. The number of nitrogens with one attached hydrogen (secondary N) is 1. The van der Waals surface area contributed by atoms with Crippen molar-refractivity contribution in [2.45, 2.75) is 32.7 Å². The van der Waals surface area contributed by atoms with Crippen LogP contribution in [0, 0.1) is 0 Å². The number of esters is 1. The number of fused-ring (bicyclic) bond motifs is 2. The summed E-state index contributed by atoms with van der Waals surface area (Å²) in [5, 5.41) is 3.32. The minimum atomic E-state index is -0.413. The number of ether oxygens (including phenoxy) is 1. The largest absolute Gasteiger partial charge is 0.462 e. The van der Waals surface area contributed by atoms with E-state index in [2.05, 4.69) is 10.3 Å². The molecule has 1 amide bonds. The van der Waals surface area contributed by atoms with Crippen LogP contribution in [0.5, 0.6) is 0 Å². The Kier molecular flexibility index (Phi) is 4.95. The van der Waals surface area contributed by atoms with Crippen molar-refractivity contribution in [2.75, 3.05) is 11.9 Å². The van der Waals surface area contributed by atoms with E-state index in [1.54, 1.807) is 25.1 Å². The molecule has 2 heterocycles. The van der Waals surface area contributed by atoms with E-state index < -0.39 is 5.97 Å². The van der Waals surface area contributed by atoms with Gasteiger partial charge in [-0.25, -0.2) is 9.78 Å². The van der Waals surface area contributed by atoms with Gasteiger partial charge in [0.05, 0.1) is 29.4 Å². The molecule has 2 aromatic heterocycles. The molecule has 7 nitrogen and oxygen atoms in total. The number of thiophene rings is 1. The van der Waals surface area contributed by atoms with Crippen molar-refractivity contribution < 1.29 is 14.3 Å². The molecule has 0 spiro atoms. The molecule has 0 fully saturated rings. The summed E-state index contributed by atoms with van der Waals surface area (Å²) in [7, 11) is 0. The Morgan fingerprint density at radius 2 is 2.11 bits per heavy atom. The molecule has 1 N–H and O–H groups in total. The number of aromatic nitrogens is 2. The Balaban J connectivity index is 1.63. The molecule has 144 valence electrons. The lowest BCUT2D eigenvalue weighted by molar-refractivity contribution is -0.116. The summed E-state index contributed by atoms with van der Waals surface area (Å²) in [5.41, 5.74) is 2.31. The maximum Gasteiger partial charge on any atom is 0.341 e. The van der Waals surface area contributed by atoms with E-state index in [4.69, 9.17) is 4.74 Å². The molecule has 4 rings (SSSR count). The molecule has 3 aromatic rings. The molecule has 1 aliphatic rings. The van der Waals surface area contributed by atoms with E-state index in [1.165, 1.54) is 22.1 Å². The standard InChI is InChI=1S/C20H19N3O4S/c1-2-27-20(26)18-12-6-5-9-15(12)28-19(18)22-16(24)11-23-14-8-4-3-7-13(14)21-10-17(23)25/h3-4,7-8,10H,2,5-6,9,11H2,1H3,(H,22,24). The Morgan fingerprint density at radius 3 is 2.93 bits per heavy atom. The van der Waals surface area contributed by atoms with Gasteiger partial charge in [-0.2, -0.15) is 0 Å². The Bertz CT molecular complexity index is 1130. The van der Waals surface area contributed by atoms with Crippen LogP contribution in [0.3, 0.4) is 0 Å². The minimum absolute atomic E-state index is 0.160. The van der Waals surface area contributed by atoms with Crippen molar-refractivity contribution >= 4 is 39.2 Å². The number of carbonyl (C=O) groups excluding carboxylic acids is 2. The molecule has 0 atom stereocenters. The maximum absolute atomic E-state index is 12.7. The first-order chi connectivity index (χ1) is 13.6. The van der Waals surface area contributed by atoms with Gasteiger partial charge < -0.3 is 10.1 Å². The number of rotatable bonds is 5. The number of hydrogen-bond acceptors (Lipinski definition) is 6. The van der Waals surface area contributed by atoms with E-state index in [-0.39, 0.29) is 24.6 Å². The summed E-state index contributed by atoms with van der Waals surface area (Å²) < 4.78 is 6.56. The zero-order valence-electron chi connectivity index (χ0n) is 15.4. The third kappa shape index (κ3) is 3.31. The van der Waals surface area contributed by atoms with Gasteiger partial charge in [0.2, 0.25) is 5.91 Å². The van der Waals surface area contributed by atoms with Gasteiger partial charge in [0.25, 0.3) is 5.56 Å². The van der Waals surface area contributed by atoms with Crippen molar-refractivity contribution in [1.82, 2.24) is 9.55 Å². The fraction of sp³-hybridized carbons (Fsp3) is 0.300. The van der Waals surface area contributed by atoms with Crippen molar-refractivity contribution in [2.24, 2.45) is 0 Å². The van der Waals surface area contributed by atoms with Crippen molar-refractivity contribution in [3.8, 4) is 0 Å². The average molecular weight is 397 g/mol. The summed E-state index contributed by atoms with van der Waals surface area (Å²) in [6, 6.07) is 7.15. The predicted molar refractivity (Wildman–Crippen MR) is 107 cm³/mol. The van der Waals surface area contributed by atoms with Crippen LogP contribution in [0.4, 0.5) is 5.00 Å².